The Labute approximate surface area is 93.6 Å². The van der Waals surface area contributed by atoms with Crippen molar-refractivity contribution < 1.29 is 14.0 Å². The van der Waals surface area contributed by atoms with Crippen molar-refractivity contribution in [2.24, 2.45) is 0 Å². The largest absolute Gasteiger partial charge is 0.298 e. The van der Waals surface area contributed by atoms with Gasteiger partial charge in [-0.3, -0.25) is 9.59 Å². The van der Waals surface area contributed by atoms with Crippen molar-refractivity contribution in [2.75, 3.05) is 5.33 Å². The summed E-state index contributed by atoms with van der Waals surface area (Å²) in [4.78, 5) is 21.7. The third kappa shape index (κ3) is 2.28. The second-order valence-electron chi connectivity index (χ2n) is 2.71. The highest BCUT2D eigenvalue weighted by Gasteiger charge is 2.15. The van der Waals surface area contributed by atoms with Crippen LogP contribution in [-0.4, -0.2) is 17.4 Å². The number of hydrogen-bond acceptors (Lipinski definition) is 3. The maximum Gasteiger partial charge on any atom is 0.176 e. The zero-order valence-corrected chi connectivity index (χ0v) is 9.04. The van der Waals surface area contributed by atoms with Gasteiger partial charge in [-0.2, -0.15) is 5.26 Å². The van der Waals surface area contributed by atoms with Gasteiger partial charge >= 0.3 is 0 Å². The van der Waals surface area contributed by atoms with Crippen LogP contribution in [0.1, 0.15) is 26.3 Å². The molecular weight excluding hydrogens is 265 g/mol. The number of Topliss-reactive ketones (excluding diaryl/α,β-unsaturated/α-hetero) is 1. The molecule has 0 atom stereocenters. The first-order valence-corrected chi connectivity index (χ1v) is 5.04. The Morgan fingerprint density at radius 3 is 2.73 bits per heavy atom. The van der Waals surface area contributed by atoms with Gasteiger partial charge in [0.05, 0.1) is 28.1 Å². The molecule has 0 aromatic heterocycles. The molecule has 0 fully saturated rings. The van der Waals surface area contributed by atoms with E-state index in [1.54, 1.807) is 6.07 Å². The van der Waals surface area contributed by atoms with E-state index in [0.29, 0.717) is 0 Å². The first-order valence-electron chi connectivity index (χ1n) is 3.92. The van der Waals surface area contributed by atoms with Crippen molar-refractivity contribution in [1.82, 2.24) is 0 Å². The fraction of sp³-hybridized carbons (Fsp3) is 0.100. The van der Waals surface area contributed by atoms with Gasteiger partial charge in [0, 0.05) is 0 Å². The molecule has 0 aliphatic rings. The van der Waals surface area contributed by atoms with Crippen LogP contribution in [0.4, 0.5) is 4.39 Å². The molecule has 3 nitrogen and oxygen atoms in total. The summed E-state index contributed by atoms with van der Waals surface area (Å²) in [6, 6.07) is 3.99. The second-order valence-corrected chi connectivity index (χ2v) is 3.27. The van der Waals surface area contributed by atoms with E-state index in [-0.39, 0.29) is 28.3 Å². The van der Waals surface area contributed by atoms with E-state index in [0.717, 1.165) is 12.1 Å². The molecule has 1 aromatic rings. The van der Waals surface area contributed by atoms with Crippen LogP contribution in [0.5, 0.6) is 0 Å². The SMILES string of the molecule is N#Cc1cc(C=O)c(F)c(C(=O)CBr)c1. The number of benzene rings is 1. The first-order chi connectivity index (χ1) is 7.13. The number of nitriles is 1. The summed E-state index contributed by atoms with van der Waals surface area (Å²) in [6.07, 6.45) is 0.279. The van der Waals surface area contributed by atoms with Gasteiger partial charge in [-0.25, -0.2) is 4.39 Å². The zero-order chi connectivity index (χ0) is 11.4. The monoisotopic (exact) mass is 269 g/mol. The Bertz CT molecular complexity index is 465. The lowest BCUT2D eigenvalue weighted by molar-refractivity contribution is 0.102. The van der Waals surface area contributed by atoms with E-state index in [4.69, 9.17) is 5.26 Å². The predicted molar refractivity (Wildman–Crippen MR) is 54.6 cm³/mol. The predicted octanol–water partition coefficient (Wildman–Crippen LogP) is 2.09. The molecule has 0 aliphatic heterocycles. The van der Waals surface area contributed by atoms with Crippen molar-refractivity contribution in [1.29, 1.82) is 5.26 Å². The van der Waals surface area contributed by atoms with Crippen molar-refractivity contribution in [3.63, 3.8) is 0 Å². The number of carbonyl (C=O) groups is 2. The Balaban J connectivity index is 3.45. The van der Waals surface area contributed by atoms with Gasteiger partial charge < -0.3 is 0 Å². The van der Waals surface area contributed by atoms with Crippen LogP contribution < -0.4 is 0 Å². The molecule has 5 heteroatoms. The molecular formula is C10H5BrFNO2. The minimum atomic E-state index is -0.881. The highest BCUT2D eigenvalue weighted by molar-refractivity contribution is 9.09. The van der Waals surface area contributed by atoms with Gasteiger partial charge in [0.2, 0.25) is 0 Å². The number of carbonyl (C=O) groups excluding carboxylic acids is 2. The summed E-state index contributed by atoms with van der Waals surface area (Å²) in [5.41, 5.74) is -0.436. The lowest BCUT2D eigenvalue weighted by Gasteiger charge is -2.02. The van der Waals surface area contributed by atoms with Gasteiger partial charge in [0.1, 0.15) is 5.82 Å². The molecule has 0 spiro atoms. The minimum Gasteiger partial charge on any atom is -0.298 e. The molecule has 0 bridgehead atoms. The molecule has 0 amide bonds. The summed E-state index contributed by atoms with van der Waals surface area (Å²) in [5, 5.41) is 8.56. The van der Waals surface area contributed by atoms with E-state index in [2.05, 4.69) is 15.9 Å². The molecule has 0 saturated carbocycles. The molecule has 0 radical (unpaired) electrons. The average Bonchev–Trinajstić information content (AvgIpc) is 2.28. The number of rotatable bonds is 3. The van der Waals surface area contributed by atoms with Gasteiger partial charge in [-0.05, 0) is 12.1 Å². The maximum absolute atomic E-state index is 13.4. The topological polar surface area (TPSA) is 57.9 Å². The van der Waals surface area contributed by atoms with Crippen molar-refractivity contribution in [3.8, 4) is 6.07 Å². The Hall–Kier alpha value is -1.54. The molecule has 76 valence electrons. The fourth-order valence-corrected chi connectivity index (χ4v) is 1.37. The standard InChI is InChI=1S/C10H5BrFNO2/c11-3-9(15)8-2-6(4-13)1-7(5-14)10(8)12/h1-2,5H,3H2. The fourth-order valence-electron chi connectivity index (χ4n) is 1.07. The van der Waals surface area contributed by atoms with E-state index in [1.807, 2.05) is 0 Å². The number of alkyl halides is 1. The normalized spacial score (nSPS) is 9.40. The number of nitrogens with zero attached hydrogens (tertiary/aromatic N) is 1. The highest BCUT2D eigenvalue weighted by Crippen LogP contribution is 2.16. The van der Waals surface area contributed by atoms with Crippen molar-refractivity contribution in [2.45, 2.75) is 0 Å². The molecule has 0 heterocycles. The summed E-state index contributed by atoms with van der Waals surface area (Å²) in [7, 11) is 0. The summed E-state index contributed by atoms with van der Waals surface area (Å²) in [5.74, 6) is -1.39. The lowest BCUT2D eigenvalue weighted by atomic mass is 10.0. The number of halogens is 2. The third-order valence-corrected chi connectivity index (χ3v) is 2.29. The number of aldehydes is 1. The quantitative estimate of drug-likeness (QED) is 0.480. The third-order valence-electron chi connectivity index (χ3n) is 1.78. The van der Waals surface area contributed by atoms with E-state index < -0.39 is 11.6 Å². The molecule has 1 aromatic carbocycles. The van der Waals surface area contributed by atoms with E-state index in [1.165, 1.54) is 0 Å². The Morgan fingerprint density at radius 1 is 1.60 bits per heavy atom. The minimum absolute atomic E-state index is 0.0584. The van der Waals surface area contributed by atoms with Gasteiger partial charge in [0.25, 0.3) is 0 Å². The second kappa shape index (κ2) is 4.80. The molecule has 1 rings (SSSR count). The van der Waals surface area contributed by atoms with Crippen LogP contribution >= 0.6 is 15.9 Å². The maximum atomic E-state index is 13.4. The van der Waals surface area contributed by atoms with Gasteiger partial charge in [-0.1, -0.05) is 15.9 Å². The smallest absolute Gasteiger partial charge is 0.176 e. The van der Waals surface area contributed by atoms with E-state index >= 15 is 0 Å². The molecule has 0 N–H and O–H groups in total. The number of hydrogen-bond donors (Lipinski definition) is 0. The highest BCUT2D eigenvalue weighted by atomic mass is 79.9. The Kier molecular flexibility index (Phi) is 3.69. The van der Waals surface area contributed by atoms with Crippen molar-refractivity contribution >= 4 is 28.0 Å². The van der Waals surface area contributed by atoms with Crippen LogP contribution in [0.3, 0.4) is 0 Å². The first kappa shape index (κ1) is 11.5. The molecule has 0 saturated heterocycles. The van der Waals surface area contributed by atoms with Crippen LogP contribution in [0.2, 0.25) is 0 Å². The van der Waals surface area contributed by atoms with Crippen molar-refractivity contribution in [3.05, 3.63) is 34.6 Å². The van der Waals surface area contributed by atoms with Crippen LogP contribution in [0.25, 0.3) is 0 Å². The number of ketones is 1. The molecule has 0 aliphatic carbocycles. The molecule has 15 heavy (non-hydrogen) atoms. The van der Waals surface area contributed by atoms with E-state index in [9.17, 15) is 14.0 Å². The van der Waals surface area contributed by atoms with Crippen LogP contribution in [-0.2, 0) is 0 Å². The van der Waals surface area contributed by atoms with Crippen LogP contribution in [0.15, 0.2) is 12.1 Å². The van der Waals surface area contributed by atoms with Gasteiger partial charge in [-0.15, -0.1) is 0 Å². The summed E-state index contributed by atoms with van der Waals surface area (Å²) in [6.45, 7) is 0. The average molecular weight is 270 g/mol. The lowest BCUT2D eigenvalue weighted by Crippen LogP contribution is -2.06. The zero-order valence-electron chi connectivity index (χ0n) is 7.46. The Morgan fingerprint density at radius 2 is 2.27 bits per heavy atom. The van der Waals surface area contributed by atoms with Gasteiger partial charge in [0.15, 0.2) is 12.1 Å². The summed E-state index contributed by atoms with van der Waals surface area (Å²) < 4.78 is 13.4. The molecule has 0 unspecified atom stereocenters. The van der Waals surface area contributed by atoms with Crippen LogP contribution in [0, 0.1) is 17.1 Å². The summed E-state index contributed by atoms with van der Waals surface area (Å²) >= 11 is 2.89.